The van der Waals surface area contributed by atoms with Crippen molar-refractivity contribution in [1.29, 1.82) is 0 Å². The first kappa shape index (κ1) is 14.4. The second-order valence-corrected chi connectivity index (χ2v) is 6.51. The van der Waals surface area contributed by atoms with Gasteiger partial charge in [0, 0.05) is 0 Å². The number of rotatable bonds is 1. The van der Waals surface area contributed by atoms with Crippen molar-refractivity contribution in [3.05, 3.63) is 34.9 Å². The van der Waals surface area contributed by atoms with Gasteiger partial charge in [-0.25, -0.2) is 0 Å². The molecule has 0 bridgehead atoms. The first-order valence-electron chi connectivity index (χ1n) is 6.87. The van der Waals surface area contributed by atoms with E-state index in [0.29, 0.717) is 11.0 Å². The standard InChI is InChI=1S/C16H21F3/c1-11-4-5-13(10-14(11)16(17,18)19)12-6-8-15(2,3)9-7-12/h4-5,10,12H,6-9H2,1-3H3. The van der Waals surface area contributed by atoms with Crippen molar-refractivity contribution in [1.82, 2.24) is 0 Å². The molecule has 2 rings (SSSR count). The zero-order valence-corrected chi connectivity index (χ0v) is 11.8. The van der Waals surface area contributed by atoms with Gasteiger partial charge in [0.2, 0.25) is 0 Å². The van der Waals surface area contributed by atoms with E-state index in [-0.39, 0.29) is 5.92 Å². The molecule has 1 aromatic rings. The molecule has 3 heteroatoms. The second kappa shape index (κ2) is 4.84. The van der Waals surface area contributed by atoms with Gasteiger partial charge in [-0.2, -0.15) is 13.2 Å². The van der Waals surface area contributed by atoms with Crippen molar-refractivity contribution in [2.45, 2.75) is 58.5 Å². The van der Waals surface area contributed by atoms with Crippen molar-refractivity contribution in [2.24, 2.45) is 5.41 Å². The molecule has 0 saturated heterocycles. The van der Waals surface area contributed by atoms with Crippen LogP contribution in [0.15, 0.2) is 18.2 Å². The van der Waals surface area contributed by atoms with E-state index in [4.69, 9.17) is 0 Å². The Morgan fingerprint density at radius 1 is 1.11 bits per heavy atom. The molecular formula is C16H21F3. The lowest BCUT2D eigenvalue weighted by atomic mass is 9.71. The molecule has 0 unspecified atom stereocenters. The van der Waals surface area contributed by atoms with E-state index in [1.807, 2.05) is 6.07 Å². The van der Waals surface area contributed by atoms with Crippen LogP contribution in [0.2, 0.25) is 0 Å². The van der Waals surface area contributed by atoms with Crippen molar-refractivity contribution >= 4 is 0 Å². The van der Waals surface area contributed by atoms with Gasteiger partial charge < -0.3 is 0 Å². The highest BCUT2D eigenvalue weighted by Crippen LogP contribution is 2.43. The topological polar surface area (TPSA) is 0 Å². The van der Waals surface area contributed by atoms with Crippen LogP contribution in [-0.2, 0) is 6.18 Å². The van der Waals surface area contributed by atoms with Crippen LogP contribution < -0.4 is 0 Å². The van der Waals surface area contributed by atoms with Crippen molar-refractivity contribution in [2.75, 3.05) is 0 Å². The molecule has 1 aliphatic carbocycles. The predicted molar refractivity (Wildman–Crippen MR) is 71.2 cm³/mol. The second-order valence-electron chi connectivity index (χ2n) is 6.51. The Balaban J connectivity index is 2.23. The Morgan fingerprint density at radius 2 is 1.68 bits per heavy atom. The lowest BCUT2D eigenvalue weighted by Gasteiger charge is -2.34. The van der Waals surface area contributed by atoms with Gasteiger partial charge in [0.25, 0.3) is 0 Å². The summed E-state index contributed by atoms with van der Waals surface area (Å²) in [6, 6.07) is 4.84. The first-order chi connectivity index (χ1) is 8.69. The molecule has 19 heavy (non-hydrogen) atoms. The molecule has 0 spiro atoms. The fourth-order valence-electron chi connectivity index (χ4n) is 2.93. The van der Waals surface area contributed by atoms with Crippen molar-refractivity contribution < 1.29 is 13.2 Å². The quantitative estimate of drug-likeness (QED) is 0.614. The van der Waals surface area contributed by atoms with Gasteiger partial charge in [-0.15, -0.1) is 0 Å². The average molecular weight is 270 g/mol. The third-order valence-corrected chi connectivity index (χ3v) is 4.38. The lowest BCUT2D eigenvalue weighted by Crippen LogP contribution is -2.20. The number of halogens is 3. The molecule has 1 aliphatic rings. The maximum atomic E-state index is 12.9. The van der Waals surface area contributed by atoms with Gasteiger partial charge >= 0.3 is 6.18 Å². The molecule has 0 nitrogen and oxygen atoms in total. The highest BCUT2D eigenvalue weighted by Gasteiger charge is 2.34. The van der Waals surface area contributed by atoms with E-state index in [9.17, 15) is 13.2 Å². The van der Waals surface area contributed by atoms with Crippen LogP contribution >= 0.6 is 0 Å². The molecular weight excluding hydrogens is 249 g/mol. The monoisotopic (exact) mass is 270 g/mol. The van der Waals surface area contributed by atoms with Crippen LogP contribution in [-0.4, -0.2) is 0 Å². The van der Waals surface area contributed by atoms with Crippen LogP contribution in [0.25, 0.3) is 0 Å². The van der Waals surface area contributed by atoms with Gasteiger partial charge in [0.05, 0.1) is 5.56 Å². The Hall–Kier alpha value is -0.990. The molecule has 0 amide bonds. The van der Waals surface area contributed by atoms with E-state index in [2.05, 4.69) is 13.8 Å². The van der Waals surface area contributed by atoms with Gasteiger partial charge in [-0.1, -0.05) is 26.0 Å². The number of hydrogen-bond acceptors (Lipinski definition) is 0. The lowest BCUT2D eigenvalue weighted by molar-refractivity contribution is -0.138. The molecule has 0 radical (unpaired) electrons. The van der Waals surface area contributed by atoms with Crippen molar-refractivity contribution in [3.63, 3.8) is 0 Å². The van der Waals surface area contributed by atoms with E-state index < -0.39 is 11.7 Å². The predicted octanol–water partition coefficient (Wildman–Crippen LogP) is 5.70. The highest BCUT2D eigenvalue weighted by molar-refractivity contribution is 5.35. The summed E-state index contributed by atoms with van der Waals surface area (Å²) in [7, 11) is 0. The van der Waals surface area contributed by atoms with Gasteiger partial charge in [0.1, 0.15) is 0 Å². The molecule has 0 atom stereocenters. The van der Waals surface area contributed by atoms with Crippen LogP contribution in [0.1, 0.15) is 62.1 Å². The minimum Gasteiger partial charge on any atom is -0.166 e. The molecule has 1 aromatic carbocycles. The highest BCUT2D eigenvalue weighted by atomic mass is 19.4. The fraction of sp³-hybridized carbons (Fsp3) is 0.625. The zero-order valence-electron chi connectivity index (χ0n) is 11.8. The zero-order chi connectivity index (χ0) is 14.3. The number of hydrogen-bond donors (Lipinski definition) is 0. The maximum absolute atomic E-state index is 12.9. The number of benzene rings is 1. The molecule has 0 heterocycles. The Morgan fingerprint density at radius 3 is 2.21 bits per heavy atom. The van der Waals surface area contributed by atoms with Crippen molar-refractivity contribution in [3.8, 4) is 0 Å². The van der Waals surface area contributed by atoms with Crippen LogP contribution in [0.4, 0.5) is 13.2 Å². The normalized spacial score (nSPS) is 20.5. The Bertz CT molecular complexity index is 448. The molecule has 0 aromatic heterocycles. The summed E-state index contributed by atoms with van der Waals surface area (Å²) >= 11 is 0. The van der Waals surface area contributed by atoms with E-state index in [0.717, 1.165) is 31.2 Å². The van der Waals surface area contributed by atoms with Crippen LogP contribution in [0.5, 0.6) is 0 Å². The Kier molecular flexibility index (Phi) is 3.67. The Labute approximate surface area is 113 Å². The molecule has 106 valence electrons. The van der Waals surface area contributed by atoms with E-state index >= 15 is 0 Å². The van der Waals surface area contributed by atoms with Crippen LogP contribution in [0, 0.1) is 12.3 Å². The van der Waals surface area contributed by atoms with E-state index in [1.165, 1.54) is 13.0 Å². The molecule has 0 N–H and O–H groups in total. The average Bonchev–Trinajstić information content (AvgIpc) is 2.28. The van der Waals surface area contributed by atoms with Gasteiger partial charge in [0.15, 0.2) is 0 Å². The van der Waals surface area contributed by atoms with Gasteiger partial charge in [-0.3, -0.25) is 0 Å². The minimum absolute atomic E-state index is 0.287. The third kappa shape index (κ3) is 3.31. The molecule has 1 fully saturated rings. The molecule has 0 aliphatic heterocycles. The smallest absolute Gasteiger partial charge is 0.166 e. The van der Waals surface area contributed by atoms with Crippen LogP contribution in [0.3, 0.4) is 0 Å². The first-order valence-corrected chi connectivity index (χ1v) is 6.87. The summed E-state index contributed by atoms with van der Waals surface area (Å²) in [4.78, 5) is 0. The number of alkyl halides is 3. The van der Waals surface area contributed by atoms with E-state index in [1.54, 1.807) is 6.07 Å². The summed E-state index contributed by atoms with van der Waals surface area (Å²) < 4.78 is 38.8. The maximum Gasteiger partial charge on any atom is 0.416 e. The summed E-state index contributed by atoms with van der Waals surface area (Å²) in [6.45, 7) is 6.00. The largest absolute Gasteiger partial charge is 0.416 e. The molecule has 1 saturated carbocycles. The fourth-order valence-corrected chi connectivity index (χ4v) is 2.93. The SMILES string of the molecule is Cc1ccc(C2CCC(C)(C)CC2)cc1C(F)(F)F. The summed E-state index contributed by atoms with van der Waals surface area (Å²) in [5.74, 6) is 0.287. The number of aryl methyl sites for hydroxylation is 1. The summed E-state index contributed by atoms with van der Waals surface area (Å²) in [6.07, 6.45) is -0.0749. The third-order valence-electron chi connectivity index (χ3n) is 4.38. The summed E-state index contributed by atoms with van der Waals surface area (Å²) in [5.41, 5.74) is 1.03. The summed E-state index contributed by atoms with van der Waals surface area (Å²) in [5, 5.41) is 0. The minimum atomic E-state index is -4.24. The van der Waals surface area contributed by atoms with Gasteiger partial charge in [-0.05, 0) is 61.1 Å².